The second-order valence-electron chi connectivity index (χ2n) is 4.28. The van der Waals surface area contributed by atoms with Crippen molar-refractivity contribution >= 4 is 0 Å². The molecule has 2 heterocycles. The highest BCUT2D eigenvalue weighted by Gasteiger charge is 2.26. The summed E-state index contributed by atoms with van der Waals surface area (Å²) in [6.07, 6.45) is 5.96. The number of aromatic nitrogens is 1. The largest absolute Gasteiger partial charge is 0.444 e. The van der Waals surface area contributed by atoms with E-state index in [2.05, 4.69) is 16.8 Å². The average Bonchev–Trinajstić information content (AvgIpc) is 2.78. The van der Waals surface area contributed by atoms with Crippen molar-refractivity contribution in [2.75, 3.05) is 19.7 Å². The van der Waals surface area contributed by atoms with E-state index < -0.39 is 0 Å². The summed E-state index contributed by atoms with van der Waals surface area (Å²) < 4.78 is 5.68. The molecule has 0 saturated carbocycles. The Bertz CT molecular complexity index is 325. The number of hydrogen-bond donors (Lipinski definition) is 1. The predicted octanol–water partition coefficient (Wildman–Crippen LogP) is 1.76. The quantitative estimate of drug-likeness (QED) is 0.846. The minimum absolute atomic E-state index is 0.122. The minimum atomic E-state index is 0.122. The van der Waals surface area contributed by atoms with Crippen LogP contribution in [-0.4, -0.2) is 34.7 Å². The fourth-order valence-corrected chi connectivity index (χ4v) is 2.35. The van der Waals surface area contributed by atoms with Crippen LogP contribution < -0.4 is 0 Å². The summed E-state index contributed by atoms with van der Waals surface area (Å²) >= 11 is 0. The van der Waals surface area contributed by atoms with Gasteiger partial charge in [0.25, 0.3) is 0 Å². The molecule has 0 spiro atoms. The first-order valence-electron chi connectivity index (χ1n) is 6.14. The molecule has 2 rings (SSSR count). The first kappa shape index (κ1) is 11.6. The summed E-state index contributed by atoms with van der Waals surface area (Å²) in [7, 11) is 0. The van der Waals surface area contributed by atoms with E-state index in [1.54, 1.807) is 6.20 Å². The molecule has 1 aliphatic heterocycles. The maximum atomic E-state index is 8.84. The normalized spacial score (nSPS) is 22.5. The van der Waals surface area contributed by atoms with Gasteiger partial charge in [-0.25, -0.2) is 4.98 Å². The Kier molecular flexibility index (Phi) is 3.96. The van der Waals surface area contributed by atoms with Crippen LogP contribution in [-0.2, 0) is 6.42 Å². The Balaban J connectivity index is 2.08. The van der Waals surface area contributed by atoms with E-state index in [-0.39, 0.29) is 6.61 Å². The van der Waals surface area contributed by atoms with E-state index in [0.29, 0.717) is 12.5 Å². The zero-order valence-electron chi connectivity index (χ0n) is 9.85. The number of nitrogens with zero attached hydrogens (tertiary/aromatic N) is 2. The molecule has 1 aromatic heterocycles. The molecule has 0 aliphatic carbocycles. The molecule has 1 saturated heterocycles. The van der Waals surface area contributed by atoms with Crippen LogP contribution in [0.3, 0.4) is 0 Å². The predicted molar refractivity (Wildman–Crippen MR) is 61.1 cm³/mol. The molecular weight excluding hydrogens is 204 g/mol. The van der Waals surface area contributed by atoms with E-state index >= 15 is 0 Å². The van der Waals surface area contributed by atoms with Crippen LogP contribution in [0.15, 0.2) is 10.6 Å². The Hall–Kier alpha value is -0.870. The van der Waals surface area contributed by atoms with Crippen LogP contribution in [0.4, 0.5) is 0 Å². The zero-order chi connectivity index (χ0) is 11.4. The van der Waals surface area contributed by atoms with Crippen LogP contribution in [0.2, 0.25) is 0 Å². The number of oxazole rings is 1. The van der Waals surface area contributed by atoms with Crippen molar-refractivity contribution in [2.24, 2.45) is 0 Å². The van der Waals surface area contributed by atoms with E-state index in [1.165, 1.54) is 12.8 Å². The lowest BCUT2D eigenvalue weighted by Gasteiger charge is -2.32. The molecule has 0 bridgehead atoms. The van der Waals surface area contributed by atoms with Gasteiger partial charge < -0.3 is 9.52 Å². The molecule has 0 radical (unpaired) electrons. The monoisotopic (exact) mass is 224 g/mol. The summed E-state index contributed by atoms with van der Waals surface area (Å²) in [5.74, 6) is 1.61. The van der Waals surface area contributed by atoms with Crippen LogP contribution in [0.1, 0.15) is 43.9 Å². The molecule has 16 heavy (non-hydrogen) atoms. The summed E-state index contributed by atoms with van der Waals surface area (Å²) in [5.41, 5.74) is 0. The lowest BCUT2D eigenvalue weighted by molar-refractivity contribution is 0.131. The second kappa shape index (κ2) is 5.46. The van der Waals surface area contributed by atoms with Gasteiger partial charge in [-0.2, -0.15) is 0 Å². The van der Waals surface area contributed by atoms with E-state index in [1.807, 2.05) is 0 Å². The van der Waals surface area contributed by atoms with Gasteiger partial charge in [0.15, 0.2) is 0 Å². The molecule has 1 unspecified atom stereocenters. The van der Waals surface area contributed by atoms with Gasteiger partial charge in [0, 0.05) is 6.42 Å². The Labute approximate surface area is 96.3 Å². The summed E-state index contributed by atoms with van der Waals surface area (Å²) in [6.45, 7) is 4.48. The number of rotatable bonds is 4. The maximum absolute atomic E-state index is 8.84. The molecule has 0 aromatic carbocycles. The van der Waals surface area contributed by atoms with E-state index in [4.69, 9.17) is 9.52 Å². The van der Waals surface area contributed by atoms with Gasteiger partial charge in [-0.15, -0.1) is 0 Å². The molecule has 1 atom stereocenters. The van der Waals surface area contributed by atoms with Crippen molar-refractivity contribution in [2.45, 2.75) is 38.6 Å². The average molecular weight is 224 g/mol. The molecular formula is C12H20N2O2. The van der Waals surface area contributed by atoms with Crippen molar-refractivity contribution < 1.29 is 9.52 Å². The molecule has 90 valence electrons. The van der Waals surface area contributed by atoms with Crippen LogP contribution in [0.5, 0.6) is 0 Å². The Morgan fingerprint density at radius 1 is 1.56 bits per heavy atom. The highest BCUT2D eigenvalue weighted by Crippen LogP contribution is 2.30. The minimum Gasteiger partial charge on any atom is -0.444 e. The van der Waals surface area contributed by atoms with E-state index in [0.717, 1.165) is 31.2 Å². The molecule has 0 amide bonds. The van der Waals surface area contributed by atoms with Gasteiger partial charge in [-0.3, -0.25) is 4.90 Å². The fourth-order valence-electron chi connectivity index (χ4n) is 2.35. The lowest BCUT2D eigenvalue weighted by Crippen LogP contribution is -2.33. The van der Waals surface area contributed by atoms with Crippen molar-refractivity contribution in [3.63, 3.8) is 0 Å². The van der Waals surface area contributed by atoms with Gasteiger partial charge in [-0.05, 0) is 25.9 Å². The van der Waals surface area contributed by atoms with Crippen LogP contribution in [0.25, 0.3) is 0 Å². The van der Waals surface area contributed by atoms with Gasteiger partial charge in [0.1, 0.15) is 5.76 Å². The third-order valence-electron chi connectivity index (χ3n) is 3.23. The molecule has 1 aromatic rings. The number of aliphatic hydroxyl groups excluding tert-OH is 1. The number of hydrogen-bond acceptors (Lipinski definition) is 4. The molecule has 1 fully saturated rings. The third kappa shape index (κ3) is 2.44. The van der Waals surface area contributed by atoms with Crippen LogP contribution >= 0.6 is 0 Å². The highest BCUT2D eigenvalue weighted by molar-refractivity contribution is 5.00. The summed E-state index contributed by atoms with van der Waals surface area (Å²) in [4.78, 5) is 6.75. The van der Waals surface area contributed by atoms with Crippen molar-refractivity contribution in [1.29, 1.82) is 0 Å². The molecule has 1 aliphatic rings. The number of piperidine rings is 1. The fraction of sp³-hybridized carbons (Fsp3) is 0.750. The summed E-state index contributed by atoms with van der Waals surface area (Å²) in [6, 6.07) is 0.339. The first-order chi connectivity index (χ1) is 7.85. The molecule has 4 heteroatoms. The van der Waals surface area contributed by atoms with Gasteiger partial charge >= 0.3 is 0 Å². The second-order valence-corrected chi connectivity index (χ2v) is 4.28. The Morgan fingerprint density at radius 2 is 2.44 bits per heavy atom. The Morgan fingerprint density at radius 3 is 3.19 bits per heavy atom. The van der Waals surface area contributed by atoms with E-state index in [9.17, 15) is 0 Å². The third-order valence-corrected chi connectivity index (χ3v) is 3.23. The smallest absolute Gasteiger partial charge is 0.211 e. The van der Waals surface area contributed by atoms with Gasteiger partial charge in [0.05, 0.1) is 18.8 Å². The molecule has 1 N–H and O–H groups in total. The highest BCUT2D eigenvalue weighted by atomic mass is 16.4. The number of aliphatic hydroxyl groups is 1. The molecule has 4 nitrogen and oxygen atoms in total. The van der Waals surface area contributed by atoms with Gasteiger partial charge in [0.2, 0.25) is 5.89 Å². The number of likely N-dealkylation sites (tertiary alicyclic amines) is 1. The van der Waals surface area contributed by atoms with Crippen LogP contribution in [0, 0.1) is 0 Å². The standard InChI is InChI=1S/C12H20N2O2/c1-2-14-7-4-3-5-11(14)12-13-9-10(16-12)6-8-15/h9,11,15H,2-8H2,1H3. The lowest BCUT2D eigenvalue weighted by atomic mass is 10.0. The SMILES string of the molecule is CCN1CCCCC1c1ncc(CCO)o1. The first-order valence-corrected chi connectivity index (χ1v) is 6.14. The van der Waals surface area contributed by atoms with Crippen molar-refractivity contribution in [3.05, 3.63) is 17.8 Å². The van der Waals surface area contributed by atoms with Crippen molar-refractivity contribution in [3.8, 4) is 0 Å². The maximum Gasteiger partial charge on any atom is 0.211 e. The van der Waals surface area contributed by atoms with Crippen molar-refractivity contribution in [1.82, 2.24) is 9.88 Å². The van der Waals surface area contributed by atoms with Gasteiger partial charge in [-0.1, -0.05) is 13.3 Å². The zero-order valence-corrected chi connectivity index (χ0v) is 9.85. The summed E-state index contributed by atoms with van der Waals surface area (Å²) in [5, 5.41) is 8.84. The topological polar surface area (TPSA) is 49.5 Å².